The van der Waals surface area contributed by atoms with E-state index < -0.39 is 0 Å². The molecule has 0 aliphatic heterocycles. The summed E-state index contributed by atoms with van der Waals surface area (Å²) in [7, 11) is 0. The first-order chi connectivity index (χ1) is 11.3. The van der Waals surface area contributed by atoms with Gasteiger partial charge in [-0.05, 0) is 64.0 Å². The zero-order chi connectivity index (χ0) is 16.3. The number of allylic oxidation sites excluding steroid dienone is 1. The molecule has 0 saturated carbocycles. The van der Waals surface area contributed by atoms with E-state index in [9.17, 15) is 0 Å². The molecule has 0 unspecified atom stereocenters. The Hall–Kier alpha value is -1.84. The third-order valence-electron chi connectivity index (χ3n) is 4.11. The Labute approximate surface area is 140 Å². The SMILES string of the molecule is CCNC(=NCCC1=CCCCC1)NCCc1ccc(C)nc1. The number of hydrogen-bond donors (Lipinski definition) is 2. The van der Waals surface area contributed by atoms with Crippen molar-refractivity contribution in [1.29, 1.82) is 0 Å². The molecule has 4 heteroatoms. The van der Waals surface area contributed by atoms with E-state index in [1.165, 1.54) is 31.2 Å². The maximum atomic E-state index is 4.69. The molecule has 0 bridgehead atoms. The Morgan fingerprint density at radius 3 is 2.83 bits per heavy atom. The molecular formula is C19H30N4. The van der Waals surface area contributed by atoms with Gasteiger partial charge in [-0.1, -0.05) is 17.7 Å². The number of aliphatic imine (C=N–C) groups is 1. The van der Waals surface area contributed by atoms with Gasteiger partial charge in [0, 0.05) is 31.5 Å². The lowest BCUT2D eigenvalue weighted by atomic mass is 9.97. The number of pyridine rings is 1. The highest BCUT2D eigenvalue weighted by Crippen LogP contribution is 2.19. The average molecular weight is 314 g/mol. The van der Waals surface area contributed by atoms with Crippen LogP contribution in [0.1, 0.15) is 50.3 Å². The summed E-state index contributed by atoms with van der Waals surface area (Å²) in [5.41, 5.74) is 3.90. The van der Waals surface area contributed by atoms with Crippen molar-refractivity contribution in [3.8, 4) is 0 Å². The van der Waals surface area contributed by atoms with Crippen LogP contribution < -0.4 is 10.6 Å². The Balaban J connectivity index is 1.74. The molecule has 1 aliphatic rings. The normalized spacial score (nSPS) is 15.2. The summed E-state index contributed by atoms with van der Waals surface area (Å²) in [6.07, 6.45) is 11.6. The minimum atomic E-state index is 0.868. The van der Waals surface area contributed by atoms with Crippen molar-refractivity contribution in [3.05, 3.63) is 41.2 Å². The van der Waals surface area contributed by atoms with Gasteiger partial charge in [0.05, 0.1) is 0 Å². The molecule has 4 nitrogen and oxygen atoms in total. The zero-order valence-corrected chi connectivity index (χ0v) is 14.6. The number of rotatable bonds is 7. The molecule has 126 valence electrons. The highest BCUT2D eigenvalue weighted by Gasteiger charge is 2.03. The van der Waals surface area contributed by atoms with E-state index in [0.29, 0.717) is 0 Å². The predicted molar refractivity (Wildman–Crippen MR) is 97.8 cm³/mol. The molecule has 1 heterocycles. The lowest BCUT2D eigenvalue weighted by Crippen LogP contribution is -2.38. The number of aryl methyl sites for hydroxylation is 1. The van der Waals surface area contributed by atoms with E-state index >= 15 is 0 Å². The molecule has 23 heavy (non-hydrogen) atoms. The van der Waals surface area contributed by atoms with Gasteiger partial charge in [-0.25, -0.2) is 0 Å². The summed E-state index contributed by atoms with van der Waals surface area (Å²) in [4.78, 5) is 9.03. The summed E-state index contributed by atoms with van der Waals surface area (Å²) < 4.78 is 0. The van der Waals surface area contributed by atoms with Crippen LogP contribution in [0.2, 0.25) is 0 Å². The maximum Gasteiger partial charge on any atom is 0.191 e. The molecule has 0 aromatic carbocycles. The van der Waals surface area contributed by atoms with Gasteiger partial charge in [-0.15, -0.1) is 0 Å². The fourth-order valence-corrected chi connectivity index (χ4v) is 2.76. The zero-order valence-electron chi connectivity index (χ0n) is 14.6. The predicted octanol–water partition coefficient (Wildman–Crippen LogP) is 3.38. The number of nitrogens with zero attached hydrogens (tertiary/aromatic N) is 2. The van der Waals surface area contributed by atoms with Crippen molar-refractivity contribution >= 4 is 5.96 Å². The summed E-state index contributed by atoms with van der Waals surface area (Å²) in [6, 6.07) is 4.20. The van der Waals surface area contributed by atoms with Gasteiger partial charge in [0.1, 0.15) is 0 Å². The molecule has 0 fully saturated rings. The Morgan fingerprint density at radius 1 is 1.22 bits per heavy atom. The van der Waals surface area contributed by atoms with Gasteiger partial charge in [-0.3, -0.25) is 9.98 Å². The summed E-state index contributed by atoms with van der Waals surface area (Å²) in [5.74, 6) is 0.920. The molecule has 0 spiro atoms. The summed E-state index contributed by atoms with van der Waals surface area (Å²) >= 11 is 0. The number of aromatic nitrogens is 1. The molecule has 1 aromatic heterocycles. The second-order valence-electron chi connectivity index (χ2n) is 6.10. The topological polar surface area (TPSA) is 49.3 Å². The second kappa shape index (κ2) is 10.0. The molecule has 2 N–H and O–H groups in total. The van der Waals surface area contributed by atoms with Gasteiger partial charge in [-0.2, -0.15) is 0 Å². The van der Waals surface area contributed by atoms with E-state index in [0.717, 1.165) is 44.1 Å². The van der Waals surface area contributed by atoms with Crippen LogP contribution in [0.4, 0.5) is 0 Å². The maximum absolute atomic E-state index is 4.69. The van der Waals surface area contributed by atoms with Gasteiger partial charge in [0.25, 0.3) is 0 Å². The van der Waals surface area contributed by atoms with Crippen molar-refractivity contribution in [1.82, 2.24) is 15.6 Å². The lowest BCUT2D eigenvalue weighted by molar-refractivity contribution is 0.674. The highest BCUT2D eigenvalue weighted by molar-refractivity contribution is 5.79. The molecule has 1 aromatic rings. The van der Waals surface area contributed by atoms with Crippen LogP contribution in [-0.4, -0.2) is 30.6 Å². The van der Waals surface area contributed by atoms with Crippen molar-refractivity contribution in [3.63, 3.8) is 0 Å². The number of guanidine groups is 1. The van der Waals surface area contributed by atoms with Gasteiger partial charge in [0.2, 0.25) is 0 Å². The molecule has 0 saturated heterocycles. The highest BCUT2D eigenvalue weighted by atomic mass is 15.2. The quantitative estimate of drug-likeness (QED) is 0.461. The van der Waals surface area contributed by atoms with Crippen LogP contribution in [0.3, 0.4) is 0 Å². The van der Waals surface area contributed by atoms with Gasteiger partial charge < -0.3 is 10.6 Å². The van der Waals surface area contributed by atoms with Crippen LogP contribution >= 0.6 is 0 Å². The van der Waals surface area contributed by atoms with Crippen molar-refractivity contribution < 1.29 is 0 Å². The van der Waals surface area contributed by atoms with Crippen molar-refractivity contribution in [2.75, 3.05) is 19.6 Å². The minimum Gasteiger partial charge on any atom is -0.357 e. The van der Waals surface area contributed by atoms with E-state index in [1.54, 1.807) is 5.57 Å². The van der Waals surface area contributed by atoms with Crippen LogP contribution in [-0.2, 0) is 6.42 Å². The van der Waals surface area contributed by atoms with Crippen LogP contribution in [0.25, 0.3) is 0 Å². The third kappa shape index (κ3) is 6.85. The molecule has 2 rings (SSSR count). The number of nitrogens with one attached hydrogen (secondary N) is 2. The van der Waals surface area contributed by atoms with Crippen molar-refractivity contribution in [2.45, 2.75) is 52.4 Å². The Bertz CT molecular complexity index is 517. The second-order valence-corrected chi connectivity index (χ2v) is 6.10. The molecule has 1 aliphatic carbocycles. The molecule has 0 radical (unpaired) electrons. The smallest absolute Gasteiger partial charge is 0.191 e. The molecule has 0 atom stereocenters. The monoisotopic (exact) mass is 314 g/mol. The van der Waals surface area contributed by atoms with E-state index in [1.807, 2.05) is 13.1 Å². The van der Waals surface area contributed by atoms with Gasteiger partial charge >= 0.3 is 0 Å². The van der Waals surface area contributed by atoms with Crippen LogP contribution in [0.15, 0.2) is 35.0 Å². The van der Waals surface area contributed by atoms with E-state index in [2.05, 4.69) is 40.8 Å². The fourth-order valence-electron chi connectivity index (χ4n) is 2.76. The average Bonchev–Trinajstić information content (AvgIpc) is 2.58. The summed E-state index contributed by atoms with van der Waals surface area (Å²) in [6.45, 7) is 6.75. The van der Waals surface area contributed by atoms with Gasteiger partial charge in [0.15, 0.2) is 5.96 Å². The minimum absolute atomic E-state index is 0.868. The fraction of sp³-hybridized carbons (Fsp3) is 0.579. The molecule has 0 amide bonds. The van der Waals surface area contributed by atoms with E-state index in [4.69, 9.17) is 4.99 Å². The first kappa shape index (κ1) is 17.5. The van der Waals surface area contributed by atoms with Crippen LogP contribution in [0, 0.1) is 6.92 Å². The van der Waals surface area contributed by atoms with Crippen molar-refractivity contribution in [2.24, 2.45) is 4.99 Å². The van der Waals surface area contributed by atoms with Crippen LogP contribution in [0.5, 0.6) is 0 Å². The Morgan fingerprint density at radius 2 is 2.13 bits per heavy atom. The third-order valence-corrected chi connectivity index (χ3v) is 4.11. The Kier molecular flexibility index (Phi) is 7.64. The summed E-state index contributed by atoms with van der Waals surface area (Å²) in [5, 5.41) is 6.73. The number of hydrogen-bond acceptors (Lipinski definition) is 2. The molecular weight excluding hydrogens is 284 g/mol. The lowest BCUT2D eigenvalue weighted by Gasteiger charge is -2.13. The first-order valence-electron chi connectivity index (χ1n) is 8.89. The van der Waals surface area contributed by atoms with E-state index in [-0.39, 0.29) is 0 Å². The largest absolute Gasteiger partial charge is 0.357 e. The standard InChI is InChI=1S/C19H30N4/c1-3-20-19(21-13-11-17-7-5-4-6-8-17)22-14-12-18-10-9-16(2)23-15-18/h7,9-10,15H,3-6,8,11-14H2,1-2H3,(H2,20,21,22). The first-order valence-corrected chi connectivity index (χ1v) is 8.89.